The van der Waals surface area contributed by atoms with E-state index in [1.807, 2.05) is 36.4 Å². The van der Waals surface area contributed by atoms with E-state index in [-0.39, 0.29) is 12.4 Å². The highest BCUT2D eigenvalue weighted by Gasteiger charge is 2.24. The smallest absolute Gasteiger partial charge is 0.340 e. The number of pyridine rings is 2. The van der Waals surface area contributed by atoms with Crippen LogP contribution in [0.15, 0.2) is 66.9 Å². The molecular weight excluding hydrogens is 432 g/mol. The second-order valence-electron chi connectivity index (χ2n) is 7.69. The zero-order valence-electron chi connectivity index (χ0n) is 19.0. The van der Waals surface area contributed by atoms with E-state index in [9.17, 15) is 9.59 Å². The van der Waals surface area contributed by atoms with Crippen molar-refractivity contribution in [1.29, 1.82) is 0 Å². The van der Waals surface area contributed by atoms with Crippen molar-refractivity contribution in [1.82, 2.24) is 9.38 Å². The maximum Gasteiger partial charge on any atom is 0.340 e. The number of aromatic nitrogens is 2. The fraction of sp³-hybridized carbons (Fsp3) is 0.148. The highest BCUT2D eigenvalue weighted by atomic mass is 16.5. The highest BCUT2D eigenvalue weighted by molar-refractivity contribution is 6.14. The number of benzene rings is 2. The lowest BCUT2D eigenvalue weighted by Gasteiger charge is -2.11. The summed E-state index contributed by atoms with van der Waals surface area (Å²) in [5, 5.41) is 1.86. The van der Waals surface area contributed by atoms with Gasteiger partial charge in [0, 0.05) is 22.5 Å². The molecule has 5 aromatic rings. The number of nitrogens with zero attached hydrogens (tertiary/aromatic N) is 2. The molecule has 0 fully saturated rings. The van der Waals surface area contributed by atoms with Gasteiger partial charge in [-0.3, -0.25) is 9.78 Å². The van der Waals surface area contributed by atoms with Crippen LogP contribution in [0.1, 0.15) is 33.3 Å². The van der Waals surface area contributed by atoms with Crippen molar-refractivity contribution < 1.29 is 23.8 Å². The molecule has 2 aromatic carbocycles. The highest BCUT2D eigenvalue weighted by Crippen LogP contribution is 2.32. The van der Waals surface area contributed by atoms with Crippen LogP contribution < -0.4 is 9.47 Å². The Balaban J connectivity index is 1.81. The lowest BCUT2D eigenvalue weighted by Crippen LogP contribution is -2.06. The minimum atomic E-state index is -0.482. The molecule has 3 aromatic heterocycles. The van der Waals surface area contributed by atoms with Crippen molar-refractivity contribution in [3.05, 3.63) is 83.7 Å². The van der Waals surface area contributed by atoms with Crippen LogP contribution in [-0.2, 0) is 4.74 Å². The lowest BCUT2D eigenvalue weighted by atomic mass is 10.1. The number of carbonyl (C=O) groups excluding carboxylic acids is 2. The summed E-state index contributed by atoms with van der Waals surface area (Å²) in [6, 6.07) is 18.1. The third-order valence-corrected chi connectivity index (χ3v) is 5.85. The van der Waals surface area contributed by atoms with Gasteiger partial charge in [0.05, 0.1) is 48.6 Å². The number of ether oxygens (including phenoxy) is 3. The third-order valence-electron chi connectivity index (χ3n) is 5.85. The fourth-order valence-corrected chi connectivity index (χ4v) is 4.29. The van der Waals surface area contributed by atoms with E-state index in [4.69, 9.17) is 14.2 Å². The molecule has 7 heteroatoms. The fourth-order valence-electron chi connectivity index (χ4n) is 4.29. The molecule has 7 nitrogen and oxygen atoms in total. The Morgan fingerprint density at radius 2 is 1.71 bits per heavy atom. The van der Waals surface area contributed by atoms with Crippen LogP contribution in [0.25, 0.3) is 27.3 Å². The minimum Gasteiger partial charge on any atom is -0.493 e. The van der Waals surface area contributed by atoms with E-state index >= 15 is 0 Å². The van der Waals surface area contributed by atoms with E-state index in [0.29, 0.717) is 33.8 Å². The number of hydrogen-bond donors (Lipinski definition) is 0. The van der Waals surface area contributed by atoms with Crippen molar-refractivity contribution in [2.75, 3.05) is 20.8 Å². The topological polar surface area (TPSA) is 79.1 Å². The lowest BCUT2D eigenvalue weighted by molar-refractivity contribution is 0.0529. The van der Waals surface area contributed by atoms with Gasteiger partial charge in [-0.1, -0.05) is 12.1 Å². The first-order chi connectivity index (χ1) is 16.6. The Morgan fingerprint density at radius 3 is 2.47 bits per heavy atom. The standard InChI is InChI=1S/C27H22N2O5/c1-4-34-27(31)19-15-22(26(30)17-8-12-23(32-2)24(14-17)33-3)29-20-10-7-16-6-5-13-28-25(16)18(20)9-11-21(19)29/h5-15H,4H2,1-3H3. The van der Waals surface area contributed by atoms with Gasteiger partial charge in [0.25, 0.3) is 0 Å². The summed E-state index contributed by atoms with van der Waals surface area (Å²) in [5.74, 6) is 0.221. The molecule has 0 spiro atoms. The molecule has 0 amide bonds. The molecule has 0 aliphatic heterocycles. The van der Waals surface area contributed by atoms with Gasteiger partial charge in [-0.2, -0.15) is 0 Å². The number of fused-ring (bicyclic) bond motifs is 5. The second-order valence-corrected chi connectivity index (χ2v) is 7.69. The molecule has 0 aliphatic rings. The molecule has 0 unspecified atom stereocenters. The molecule has 0 saturated heterocycles. The van der Waals surface area contributed by atoms with Crippen LogP contribution in [0.3, 0.4) is 0 Å². The van der Waals surface area contributed by atoms with Crippen molar-refractivity contribution in [2.24, 2.45) is 0 Å². The van der Waals surface area contributed by atoms with Gasteiger partial charge in [-0.25, -0.2) is 4.79 Å². The zero-order chi connectivity index (χ0) is 23.8. The average Bonchev–Trinajstić information content (AvgIpc) is 3.28. The quantitative estimate of drug-likeness (QED) is 0.203. The molecule has 0 radical (unpaired) electrons. The predicted octanol–water partition coefficient (Wildman–Crippen LogP) is 5.07. The van der Waals surface area contributed by atoms with Crippen LogP contribution in [0.4, 0.5) is 0 Å². The SMILES string of the molecule is CCOC(=O)c1cc(C(=O)c2ccc(OC)c(OC)c2)n2c1ccc1c3ncccc3ccc12. The Hall–Kier alpha value is -4.39. The van der Waals surface area contributed by atoms with E-state index < -0.39 is 5.97 Å². The van der Waals surface area contributed by atoms with Crippen LogP contribution in [0, 0.1) is 0 Å². The van der Waals surface area contributed by atoms with Gasteiger partial charge in [0.1, 0.15) is 0 Å². The molecule has 170 valence electrons. The van der Waals surface area contributed by atoms with E-state index in [2.05, 4.69) is 4.98 Å². The van der Waals surface area contributed by atoms with Gasteiger partial charge < -0.3 is 18.6 Å². The number of carbonyl (C=O) groups is 2. The molecule has 0 bridgehead atoms. The van der Waals surface area contributed by atoms with Gasteiger partial charge >= 0.3 is 5.97 Å². The molecule has 0 saturated carbocycles. The maximum atomic E-state index is 13.7. The molecule has 34 heavy (non-hydrogen) atoms. The monoisotopic (exact) mass is 454 g/mol. The first kappa shape index (κ1) is 21.5. The number of ketones is 1. The molecule has 3 heterocycles. The number of esters is 1. The summed E-state index contributed by atoms with van der Waals surface area (Å²) < 4.78 is 17.7. The van der Waals surface area contributed by atoms with E-state index in [0.717, 1.165) is 21.8 Å². The number of hydrogen-bond acceptors (Lipinski definition) is 6. The largest absolute Gasteiger partial charge is 0.493 e. The molecular formula is C27H22N2O5. The summed E-state index contributed by atoms with van der Waals surface area (Å²) >= 11 is 0. The van der Waals surface area contributed by atoms with Gasteiger partial charge in [-0.05, 0) is 55.5 Å². The number of methoxy groups -OCH3 is 2. The van der Waals surface area contributed by atoms with Crippen LogP contribution in [0.2, 0.25) is 0 Å². The third kappa shape index (κ3) is 3.33. The number of rotatable bonds is 6. The van der Waals surface area contributed by atoms with Crippen molar-refractivity contribution in [3.8, 4) is 11.5 Å². The molecule has 0 atom stereocenters. The summed E-state index contributed by atoms with van der Waals surface area (Å²) in [5.41, 5.74) is 3.24. The minimum absolute atomic E-state index is 0.233. The molecule has 5 rings (SSSR count). The van der Waals surface area contributed by atoms with Crippen molar-refractivity contribution >= 4 is 39.1 Å². The first-order valence-corrected chi connectivity index (χ1v) is 10.8. The van der Waals surface area contributed by atoms with Gasteiger partial charge in [-0.15, -0.1) is 0 Å². The summed E-state index contributed by atoms with van der Waals surface area (Å²) in [6.45, 7) is 1.98. The van der Waals surface area contributed by atoms with Crippen LogP contribution in [-0.4, -0.2) is 42.0 Å². The van der Waals surface area contributed by atoms with Crippen molar-refractivity contribution in [2.45, 2.75) is 6.92 Å². The summed E-state index contributed by atoms with van der Waals surface area (Å²) in [6.07, 6.45) is 1.74. The average molecular weight is 454 g/mol. The molecule has 0 aliphatic carbocycles. The summed E-state index contributed by atoms with van der Waals surface area (Å²) in [4.78, 5) is 31.1. The van der Waals surface area contributed by atoms with Crippen molar-refractivity contribution in [3.63, 3.8) is 0 Å². The van der Waals surface area contributed by atoms with Gasteiger partial charge in [0.15, 0.2) is 11.5 Å². The molecule has 0 N–H and O–H groups in total. The van der Waals surface area contributed by atoms with E-state index in [1.54, 1.807) is 41.8 Å². The Bertz CT molecular complexity index is 1590. The summed E-state index contributed by atoms with van der Waals surface area (Å²) in [7, 11) is 3.05. The van der Waals surface area contributed by atoms with Crippen LogP contribution >= 0.6 is 0 Å². The maximum absolute atomic E-state index is 13.7. The predicted molar refractivity (Wildman–Crippen MR) is 129 cm³/mol. The Kier molecular flexibility index (Phi) is 5.37. The van der Waals surface area contributed by atoms with E-state index in [1.165, 1.54) is 14.2 Å². The normalized spacial score (nSPS) is 11.1. The Morgan fingerprint density at radius 1 is 0.912 bits per heavy atom. The Labute approximate surface area is 195 Å². The zero-order valence-corrected chi connectivity index (χ0v) is 19.0. The van der Waals surface area contributed by atoms with Crippen LogP contribution in [0.5, 0.6) is 11.5 Å². The second kappa shape index (κ2) is 8.51. The first-order valence-electron chi connectivity index (χ1n) is 10.8. The van der Waals surface area contributed by atoms with Gasteiger partial charge in [0.2, 0.25) is 5.78 Å².